The third-order valence-corrected chi connectivity index (χ3v) is 3.67. The lowest BCUT2D eigenvalue weighted by Crippen LogP contribution is -2.31. The number of hydrogen-bond donors (Lipinski definition) is 1. The third kappa shape index (κ3) is 3.55. The fourth-order valence-corrected chi connectivity index (χ4v) is 2.29. The standard InChI is InChI=1S/C14H20N6O3/c1-5-18-8-12(10(3)16-18)7-15-14(21)11(4)19-9(2)6-13(17-19)20(22)23/h6,8,11H,5,7H2,1-4H3,(H,15,21). The van der Waals surface area contributed by atoms with Crippen LogP contribution in [0, 0.1) is 24.0 Å². The number of amides is 1. The summed E-state index contributed by atoms with van der Waals surface area (Å²) in [5.41, 5.74) is 2.37. The van der Waals surface area contributed by atoms with Gasteiger partial charge in [-0.05, 0) is 32.6 Å². The summed E-state index contributed by atoms with van der Waals surface area (Å²) in [6.45, 7) is 8.34. The van der Waals surface area contributed by atoms with Crippen LogP contribution in [0.3, 0.4) is 0 Å². The van der Waals surface area contributed by atoms with Gasteiger partial charge in [0.2, 0.25) is 5.91 Å². The lowest BCUT2D eigenvalue weighted by atomic mass is 10.2. The van der Waals surface area contributed by atoms with Crippen LogP contribution in [0.2, 0.25) is 0 Å². The zero-order chi connectivity index (χ0) is 17.1. The first kappa shape index (κ1) is 16.7. The number of hydrogen-bond acceptors (Lipinski definition) is 5. The summed E-state index contributed by atoms with van der Waals surface area (Å²) in [6, 6.07) is 0.712. The van der Waals surface area contributed by atoms with Crippen LogP contribution in [0.1, 0.15) is 36.8 Å². The Balaban J connectivity index is 2.05. The van der Waals surface area contributed by atoms with E-state index in [4.69, 9.17) is 0 Å². The van der Waals surface area contributed by atoms with Crippen LogP contribution in [-0.2, 0) is 17.9 Å². The molecule has 0 spiro atoms. The van der Waals surface area contributed by atoms with Crippen LogP contribution in [0.15, 0.2) is 12.3 Å². The molecule has 23 heavy (non-hydrogen) atoms. The average Bonchev–Trinajstić information content (AvgIpc) is 3.07. The van der Waals surface area contributed by atoms with E-state index in [0.29, 0.717) is 12.2 Å². The molecule has 0 aromatic carbocycles. The summed E-state index contributed by atoms with van der Waals surface area (Å²) in [4.78, 5) is 22.5. The summed E-state index contributed by atoms with van der Waals surface area (Å²) in [7, 11) is 0. The molecule has 0 fully saturated rings. The fraction of sp³-hybridized carbons (Fsp3) is 0.500. The Morgan fingerprint density at radius 3 is 2.65 bits per heavy atom. The van der Waals surface area contributed by atoms with Crippen molar-refractivity contribution in [1.82, 2.24) is 24.9 Å². The van der Waals surface area contributed by atoms with Crippen LogP contribution in [0.4, 0.5) is 5.82 Å². The van der Waals surface area contributed by atoms with Gasteiger partial charge in [0.25, 0.3) is 0 Å². The van der Waals surface area contributed by atoms with E-state index >= 15 is 0 Å². The van der Waals surface area contributed by atoms with Gasteiger partial charge in [0.1, 0.15) is 6.04 Å². The zero-order valence-electron chi connectivity index (χ0n) is 13.6. The minimum absolute atomic E-state index is 0.255. The highest BCUT2D eigenvalue weighted by Gasteiger charge is 2.24. The summed E-state index contributed by atoms with van der Waals surface area (Å²) in [6.07, 6.45) is 1.89. The van der Waals surface area contributed by atoms with E-state index in [-0.39, 0.29) is 11.7 Å². The van der Waals surface area contributed by atoms with E-state index < -0.39 is 11.0 Å². The highest BCUT2D eigenvalue weighted by molar-refractivity contribution is 5.79. The van der Waals surface area contributed by atoms with Gasteiger partial charge in [-0.1, -0.05) is 0 Å². The van der Waals surface area contributed by atoms with Crippen molar-refractivity contribution in [2.24, 2.45) is 0 Å². The molecule has 0 aliphatic rings. The van der Waals surface area contributed by atoms with Gasteiger partial charge in [-0.15, -0.1) is 0 Å². The summed E-state index contributed by atoms with van der Waals surface area (Å²) in [5, 5.41) is 21.8. The second kappa shape index (κ2) is 6.59. The Morgan fingerprint density at radius 1 is 1.43 bits per heavy atom. The first-order chi connectivity index (χ1) is 10.8. The quantitative estimate of drug-likeness (QED) is 0.641. The van der Waals surface area contributed by atoms with Gasteiger partial charge >= 0.3 is 5.82 Å². The van der Waals surface area contributed by atoms with Gasteiger partial charge in [0.15, 0.2) is 0 Å². The number of aryl methyl sites for hydroxylation is 3. The maximum Gasteiger partial charge on any atom is 0.390 e. The molecule has 9 nitrogen and oxygen atoms in total. The Kier molecular flexibility index (Phi) is 4.77. The molecule has 2 aromatic heterocycles. The Bertz CT molecular complexity index is 733. The maximum atomic E-state index is 12.3. The minimum Gasteiger partial charge on any atom is -0.358 e. The van der Waals surface area contributed by atoms with E-state index in [0.717, 1.165) is 17.8 Å². The lowest BCUT2D eigenvalue weighted by molar-refractivity contribution is -0.389. The predicted molar refractivity (Wildman–Crippen MR) is 82.8 cm³/mol. The molecule has 124 valence electrons. The highest BCUT2D eigenvalue weighted by atomic mass is 16.6. The number of aromatic nitrogens is 4. The van der Waals surface area contributed by atoms with Gasteiger partial charge in [-0.2, -0.15) is 9.78 Å². The number of nitrogens with zero attached hydrogens (tertiary/aromatic N) is 5. The maximum absolute atomic E-state index is 12.3. The Morgan fingerprint density at radius 2 is 2.13 bits per heavy atom. The smallest absolute Gasteiger partial charge is 0.358 e. The molecule has 1 amide bonds. The molecular formula is C14H20N6O3. The molecule has 0 aliphatic carbocycles. The molecular weight excluding hydrogens is 300 g/mol. The predicted octanol–water partition coefficient (Wildman–Crippen LogP) is 1.50. The van der Waals surface area contributed by atoms with Crippen LogP contribution in [0.25, 0.3) is 0 Å². The molecule has 0 bridgehead atoms. The molecule has 0 radical (unpaired) electrons. The monoisotopic (exact) mass is 320 g/mol. The number of nitrogens with one attached hydrogen (secondary N) is 1. The number of nitro groups is 1. The van der Waals surface area contributed by atoms with E-state index in [1.54, 1.807) is 18.5 Å². The first-order valence-corrected chi connectivity index (χ1v) is 7.34. The van der Waals surface area contributed by atoms with E-state index in [1.165, 1.54) is 10.7 Å². The Labute approximate surface area is 133 Å². The zero-order valence-corrected chi connectivity index (χ0v) is 13.6. The number of carbonyl (C=O) groups excluding carboxylic acids is 1. The first-order valence-electron chi connectivity index (χ1n) is 7.34. The van der Waals surface area contributed by atoms with Crippen molar-refractivity contribution in [2.75, 3.05) is 0 Å². The van der Waals surface area contributed by atoms with Crippen molar-refractivity contribution in [3.63, 3.8) is 0 Å². The van der Waals surface area contributed by atoms with E-state index in [1.807, 2.05) is 20.0 Å². The highest BCUT2D eigenvalue weighted by Crippen LogP contribution is 2.16. The SMILES string of the molecule is CCn1cc(CNC(=O)C(C)n2nc([N+](=O)[O-])cc2C)c(C)n1. The largest absolute Gasteiger partial charge is 0.390 e. The molecule has 2 aromatic rings. The summed E-state index contributed by atoms with van der Waals surface area (Å²) in [5.74, 6) is -0.517. The van der Waals surface area contributed by atoms with Crippen molar-refractivity contribution in [1.29, 1.82) is 0 Å². The average molecular weight is 320 g/mol. The topological polar surface area (TPSA) is 108 Å². The van der Waals surface area contributed by atoms with Gasteiger partial charge in [-0.3, -0.25) is 9.48 Å². The second-order valence-electron chi connectivity index (χ2n) is 5.33. The molecule has 0 saturated carbocycles. The van der Waals surface area contributed by atoms with E-state index in [2.05, 4.69) is 15.5 Å². The molecule has 1 atom stereocenters. The van der Waals surface area contributed by atoms with Gasteiger partial charge in [0.05, 0.1) is 22.6 Å². The van der Waals surface area contributed by atoms with Crippen LogP contribution in [-0.4, -0.2) is 30.4 Å². The molecule has 0 aliphatic heterocycles. The minimum atomic E-state index is -0.634. The van der Waals surface area contributed by atoms with Crippen molar-refractivity contribution >= 4 is 11.7 Å². The molecule has 2 rings (SSSR count). The molecule has 9 heteroatoms. The molecule has 0 saturated heterocycles. The van der Waals surface area contributed by atoms with Gasteiger partial charge < -0.3 is 15.4 Å². The van der Waals surface area contributed by atoms with Crippen molar-refractivity contribution in [2.45, 2.75) is 46.8 Å². The lowest BCUT2D eigenvalue weighted by Gasteiger charge is -2.11. The molecule has 2 heterocycles. The van der Waals surface area contributed by atoms with Gasteiger partial charge in [0, 0.05) is 24.8 Å². The van der Waals surface area contributed by atoms with Crippen molar-refractivity contribution in [3.05, 3.63) is 39.3 Å². The van der Waals surface area contributed by atoms with Crippen molar-refractivity contribution in [3.8, 4) is 0 Å². The molecule has 1 unspecified atom stereocenters. The fourth-order valence-electron chi connectivity index (χ4n) is 2.29. The van der Waals surface area contributed by atoms with Crippen LogP contribution >= 0.6 is 0 Å². The number of rotatable bonds is 6. The third-order valence-electron chi connectivity index (χ3n) is 3.67. The second-order valence-corrected chi connectivity index (χ2v) is 5.33. The van der Waals surface area contributed by atoms with Crippen LogP contribution < -0.4 is 5.32 Å². The van der Waals surface area contributed by atoms with Crippen molar-refractivity contribution < 1.29 is 9.72 Å². The summed E-state index contributed by atoms with van der Waals surface area (Å²) >= 11 is 0. The Hall–Kier alpha value is -2.71. The normalized spacial score (nSPS) is 12.2. The van der Waals surface area contributed by atoms with E-state index in [9.17, 15) is 14.9 Å². The summed E-state index contributed by atoms with van der Waals surface area (Å²) < 4.78 is 3.16. The number of carbonyl (C=O) groups is 1. The van der Waals surface area contributed by atoms with Crippen LogP contribution in [0.5, 0.6) is 0 Å². The molecule has 1 N–H and O–H groups in total. The van der Waals surface area contributed by atoms with Gasteiger partial charge in [-0.25, -0.2) is 0 Å².